The lowest BCUT2D eigenvalue weighted by Gasteiger charge is -2.26. The van der Waals surface area contributed by atoms with Crippen LogP contribution in [0.25, 0.3) is 0 Å². The maximum absolute atomic E-state index is 12.5. The molecule has 4 nitrogen and oxygen atoms in total. The van der Waals surface area contributed by atoms with Crippen LogP contribution in [-0.2, 0) is 10.0 Å². The van der Waals surface area contributed by atoms with Crippen LogP contribution in [0.2, 0.25) is 0 Å². The first-order valence-electron chi connectivity index (χ1n) is 7.86. The van der Waals surface area contributed by atoms with Crippen molar-refractivity contribution in [1.82, 2.24) is 9.62 Å². The van der Waals surface area contributed by atoms with E-state index in [1.807, 2.05) is 0 Å². The Bertz CT molecular complexity index is 360. The molecule has 1 saturated heterocycles. The van der Waals surface area contributed by atoms with Gasteiger partial charge < -0.3 is 5.32 Å². The molecular formula is C14H28N2O2S. The monoisotopic (exact) mass is 288 g/mol. The van der Waals surface area contributed by atoms with Gasteiger partial charge in [0.05, 0.1) is 5.75 Å². The molecular weight excluding hydrogens is 260 g/mol. The zero-order valence-corrected chi connectivity index (χ0v) is 12.9. The Hall–Kier alpha value is -0.130. The summed E-state index contributed by atoms with van der Waals surface area (Å²) in [7, 11) is -3.04. The molecule has 0 aromatic heterocycles. The van der Waals surface area contributed by atoms with Gasteiger partial charge in [0.15, 0.2) is 0 Å². The van der Waals surface area contributed by atoms with E-state index in [0.29, 0.717) is 17.8 Å². The van der Waals surface area contributed by atoms with Crippen LogP contribution in [0.3, 0.4) is 0 Å². The number of nitrogens with zero attached hydrogens (tertiary/aromatic N) is 1. The number of hydrogen-bond acceptors (Lipinski definition) is 3. The van der Waals surface area contributed by atoms with Gasteiger partial charge in [0.1, 0.15) is 0 Å². The molecule has 1 aliphatic carbocycles. The van der Waals surface area contributed by atoms with Gasteiger partial charge in [-0.15, -0.1) is 0 Å². The molecule has 1 saturated carbocycles. The molecule has 19 heavy (non-hydrogen) atoms. The van der Waals surface area contributed by atoms with Crippen molar-refractivity contribution in [2.24, 2.45) is 0 Å². The van der Waals surface area contributed by atoms with Crippen molar-refractivity contribution >= 4 is 10.0 Å². The first-order chi connectivity index (χ1) is 9.13. The molecule has 0 aromatic rings. The van der Waals surface area contributed by atoms with Gasteiger partial charge in [-0.3, -0.25) is 0 Å². The minimum absolute atomic E-state index is 0.316. The van der Waals surface area contributed by atoms with E-state index >= 15 is 0 Å². The van der Waals surface area contributed by atoms with E-state index in [-0.39, 0.29) is 0 Å². The first-order valence-corrected chi connectivity index (χ1v) is 9.47. The maximum atomic E-state index is 12.5. The average Bonchev–Trinajstić information content (AvgIpc) is 3.23. The molecule has 0 amide bonds. The maximum Gasteiger partial charge on any atom is 0.214 e. The van der Waals surface area contributed by atoms with Crippen LogP contribution < -0.4 is 5.32 Å². The van der Waals surface area contributed by atoms with E-state index in [1.165, 1.54) is 12.8 Å². The van der Waals surface area contributed by atoms with Gasteiger partial charge in [-0.1, -0.05) is 19.8 Å². The molecule has 2 aliphatic rings. The van der Waals surface area contributed by atoms with Crippen LogP contribution in [0.4, 0.5) is 0 Å². The Kier molecular flexibility index (Phi) is 5.66. The molecule has 0 spiro atoms. The molecule has 2 fully saturated rings. The average molecular weight is 288 g/mol. The number of unbranched alkanes of at least 4 members (excludes halogenated alkanes) is 1. The van der Waals surface area contributed by atoms with Gasteiger partial charge in [-0.25, -0.2) is 8.42 Å². The van der Waals surface area contributed by atoms with Gasteiger partial charge in [-0.05, 0) is 45.1 Å². The minimum Gasteiger partial charge on any atom is -0.314 e. The van der Waals surface area contributed by atoms with Crippen molar-refractivity contribution in [2.45, 2.75) is 70.4 Å². The van der Waals surface area contributed by atoms with Crippen LogP contribution in [-0.4, -0.2) is 43.6 Å². The highest BCUT2D eigenvalue weighted by Gasteiger charge is 2.36. The number of nitrogens with one attached hydrogen (secondary N) is 1. The predicted octanol–water partition coefficient (Wildman–Crippen LogP) is 2.11. The fourth-order valence-corrected chi connectivity index (χ4v) is 4.69. The Balaban J connectivity index is 1.84. The van der Waals surface area contributed by atoms with Crippen molar-refractivity contribution in [3.05, 3.63) is 0 Å². The highest BCUT2D eigenvalue weighted by atomic mass is 32.2. The van der Waals surface area contributed by atoms with Gasteiger partial charge in [-0.2, -0.15) is 4.31 Å². The summed E-state index contributed by atoms with van der Waals surface area (Å²) < 4.78 is 26.7. The second-order valence-corrected chi connectivity index (χ2v) is 7.99. The van der Waals surface area contributed by atoms with Crippen LogP contribution in [0.1, 0.15) is 58.3 Å². The molecule has 0 radical (unpaired) electrons. The zero-order valence-electron chi connectivity index (χ0n) is 12.1. The summed E-state index contributed by atoms with van der Waals surface area (Å²) in [6, 6.07) is 0.728. The lowest BCUT2D eigenvalue weighted by atomic mass is 10.0. The molecule has 1 atom stereocenters. The Morgan fingerprint density at radius 1 is 1.21 bits per heavy atom. The van der Waals surface area contributed by atoms with E-state index < -0.39 is 10.0 Å². The highest BCUT2D eigenvalue weighted by Crippen LogP contribution is 2.30. The highest BCUT2D eigenvalue weighted by molar-refractivity contribution is 7.89. The second-order valence-electron chi connectivity index (χ2n) is 5.95. The molecule has 112 valence electrons. The Morgan fingerprint density at radius 3 is 2.58 bits per heavy atom. The molecule has 0 bridgehead atoms. The fourth-order valence-electron chi connectivity index (χ4n) is 2.80. The van der Waals surface area contributed by atoms with Gasteiger partial charge in [0.25, 0.3) is 0 Å². The second kappa shape index (κ2) is 7.04. The normalized spacial score (nSPS) is 24.8. The fraction of sp³-hybridized carbons (Fsp3) is 1.00. The molecule has 1 N–H and O–H groups in total. The molecule has 5 heteroatoms. The third-order valence-corrected chi connectivity index (χ3v) is 6.13. The summed E-state index contributed by atoms with van der Waals surface area (Å²) in [6.07, 6.45) is 8.54. The van der Waals surface area contributed by atoms with Gasteiger partial charge >= 0.3 is 0 Å². The standard InChI is InChI=1S/C14H28N2O2S/c1-2-3-11-16(14-7-8-14)19(17,18)12-9-13-6-4-5-10-15-13/h13-15H,2-12H2,1H3. The number of hydrogen-bond donors (Lipinski definition) is 1. The molecule has 0 aromatic carbocycles. The predicted molar refractivity (Wildman–Crippen MR) is 78.7 cm³/mol. The topological polar surface area (TPSA) is 49.4 Å². The van der Waals surface area contributed by atoms with Crippen molar-refractivity contribution < 1.29 is 8.42 Å². The minimum atomic E-state index is -3.04. The summed E-state index contributed by atoms with van der Waals surface area (Å²) in [6.45, 7) is 3.89. The van der Waals surface area contributed by atoms with E-state index in [9.17, 15) is 8.42 Å². The van der Waals surface area contributed by atoms with E-state index in [2.05, 4.69) is 12.2 Å². The van der Waals surface area contributed by atoms with Crippen LogP contribution in [0.15, 0.2) is 0 Å². The van der Waals surface area contributed by atoms with Gasteiger partial charge in [0, 0.05) is 18.6 Å². The zero-order chi connectivity index (χ0) is 13.7. The van der Waals surface area contributed by atoms with E-state index in [4.69, 9.17) is 0 Å². The number of sulfonamides is 1. The van der Waals surface area contributed by atoms with Crippen molar-refractivity contribution in [3.8, 4) is 0 Å². The van der Waals surface area contributed by atoms with Crippen LogP contribution in [0.5, 0.6) is 0 Å². The number of rotatable bonds is 8. The summed E-state index contributed by atoms with van der Waals surface area (Å²) in [5.41, 5.74) is 0. The number of piperidine rings is 1. The smallest absolute Gasteiger partial charge is 0.214 e. The summed E-state index contributed by atoms with van der Waals surface area (Å²) >= 11 is 0. The SMILES string of the molecule is CCCCN(C1CC1)S(=O)(=O)CCC1CCCCN1. The molecule has 1 unspecified atom stereocenters. The third-order valence-electron chi connectivity index (χ3n) is 4.18. The largest absolute Gasteiger partial charge is 0.314 e. The van der Waals surface area contributed by atoms with Crippen molar-refractivity contribution in [1.29, 1.82) is 0 Å². The molecule has 2 rings (SSSR count). The first kappa shape index (κ1) is 15.3. The van der Waals surface area contributed by atoms with Crippen molar-refractivity contribution in [3.63, 3.8) is 0 Å². The molecule has 1 heterocycles. The summed E-state index contributed by atoms with van der Waals surface area (Å²) in [5, 5.41) is 3.44. The van der Waals surface area contributed by atoms with E-state index in [0.717, 1.165) is 51.6 Å². The Morgan fingerprint density at radius 2 is 2.00 bits per heavy atom. The molecule has 1 aliphatic heterocycles. The lowest BCUT2D eigenvalue weighted by Crippen LogP contribution is -2.40. The lowest BCUT2D eigenvalue weighted by molar-refractivity contribution is 0.375. The summed E-state index contributed by atoms with van der Waals surface area (Å²) in [5.74, 6) is 0.324. The van der Waals surface area contributed by atoms with E-state index in [1.54, 1.807) is 4.31 Å². The van der Waals surface area contributed by atoms with Crippen LogP contribution in [0, 0.1) is 0 Å². The third kappa shape index (κ3) is 4.72. The Labute approximate surface area is 118 Å². The summed E-state index contributed by atoms with van der Waals surface area (Å²) in [4.78, 5) is 0. The van der Waals surface area contributed by atoms with Crippen LogP contribution >= 0.6 is 0 Å². The quantitative estimate of drug-likeness (QED) is 0.744. The van der Waals surface area contributed by atoms with Gasteiger partial charge in [0.2, 0.25) is 10.0 Å². The van der Waals surface area contributed by atoms with Crippen molar-refractivity contribution in [2.75, 3.05) is 18.8 Å².